The molecule has 2 heterocycles. The van der Waals surface area contributed by atoms with E-state index in [0.717, 1.165) is 23.5 Å². The Kier molecular flexibility index (Phi) is 4.47. The van der Waals surface area contributed by atoms with Gasteiger partial charge in [0, 0.05) is 17.8 Å². The Bertz CT molecular complexity index is 796. The van der Waals surface area contributed by atoms with Crippen LogP contribution < -0.4 is 5.32 Å². The summed E-state index contributed by atoms with van der Waals surface area (Å²) in [7, 11) is 0. The smallest absolute Gasteiger partial charge is 0.272 e. The highest BCUT2D eigenvalue weighted by atomic mass is 16.1. The topological polar surface area (TPSA) is 70.7 Å². The zero-order chi connectivity index (χ0) is 16.1. The van der Waals surface area contributed by atoms with Crippen LogP contribution in [0.1, 0.15) is 33.1 Å². The van der Waals surface area contributed by atoms with Crippen LogP contribution in [0.2, 0.25) is 0 Å². The average molecular weight is 306 g/mol. The molecule has 0 atom stereocenters. The summed E-state index contributed by atoms with van der Waals surface area (Å²) in [6, 6.07) is 17.6. The average Bonchev–Trinajstić information content (AvgIpc) is 3.02. The van der Waals surface area contributed by atoms with Crippen LogP contribution >= 0.6 is 0 Å². The van der Waals surface area contributed by atoms with Crippen LogP contribution in [0.4, 0.5) is 0 Å². The molecular weight excluding hydrogens is 288 g/mol. The van der Waals surface area contributed by atoms with Crippen LogP contribution in [0.3, 0.4) is 0 Å². The molecule has 1 amide bonds. The van der Waals surface area contributed by atoms with Gasteiger partial charge in [-0.1, -0.05) is 36.4 Å². The van der Waals surface area contributed by atoms with E-state index in [2.05, 4.69) is 20.5 Å². The number of aromatic nitrogens is 3. The molecule has 0 aliphatic carbocycles. The number of rotatable bonds is 5. The van der Waals surface area contributed by atoms with Gasteiger partial charge in [0.05, 0.1) is 12.2 Å². The molecule has 0 aliphatic heterocycles. The number of nitrogens with zero attached hydrogens (tertiary/aromatic N) is 2. The van der Waals surface area contributed by atoms with Gasteiger partial charge in [0.2, 0.25) is 0 Å². The minimum absolute atomic E-state index is 0.205. The normalized spacial score (nSPS) is 10.5. The lowest BCUT2D eigenvalue weighted by atomic mass is 10.1. The number of hydrogen-bond acceptors (Lipinski definition) is 3. The van der Waals surface area contributed by atoms with Crippen molar-refractivity contribution in [3.8, 4) is 0 Å². The molecule has 0 unspecified atom stereocenters. The van der Waals surface area contributed by atoms with Crippen molar-refractivity contribution in [2.45, 2.75) is 19.9 Å². The van der Waals surface area contributed by atoms with Crippen molar-refractivity contribution in [3.05, 3.63) is 82.9 Å². The van der Waals surface area contributed by atoms with Gasteiger partial charge in [-0.3, -0.25) is 14.9 Å². The first-order chi connectivity index (χ1) is 11.2. The Morgan fingerprint density at radius 3 is 2.74 bits per heavy atom. The number of benzene rings is 1. The molecule has 3 rings (SSSR count). The number of carbonyl (C=O) groups is 1. The Balaban J connectivity index is 1.60. The van der Waals surface area contributed by atoms with Crippen molar-refractivity contribution in [2.75, 3.05) is 0 Å². The second-order valence-corrected chi connectivity index (χ2v) is 5.39. The summed E-state index contributed by atoms with van der Waals surface area (Å²) < 4.78 is 0. The lowest BCUT2D eigenvalue weighted by Crippen LogP contribution is -2.23. The summed E-state index contributed by atoms with van der Waals surface area (Å²) in [4.78, 5) is 16.5. The second kappa shape index (κ2) is 6.87. The van der Waals surface area contributed by atoms with Crippen LogP contribution in [-0.4, -0.2) is 21.1 Å². The fourth-order valence-electron chi connectivity index (χ4n) is 2.34. The molecule has 1 aromatic carbocycles. The number of H-pyrrole nitrogens is 1. The van der Waals surface area contributed by atoms with Gasteiger partial charge in [-0.05, 0) is 30.7 Å². The van der Waals surface area contributed by atoms with E-state index in [0.29, 0.717) is 12.2 Å². The minimum atomic E-state index is -0.205. The molecule has 23 heavy (non-hydrogen) atoms. The predicted octanol–water partition coefficient (Wildman–Crippen LogP) is 2.63. The van der Waals surface area contributed by atoms with Crippen LogP contribution in [0.25, 0.3) is 0 Å². The van der Waals surface area contributed by atoms with Crippen LogP contribution in [0.15, 0.2) is 54.6 Å². The third kappa shape index (κ3) is 4.03. The van der Waals surface area contributed by atoms with Gasteiger partial charge in [-0.2, -0.15) is 5.10 Å². The monoisotopic (exact) mass is 306 g/mol. The number of pyridine rings is 1. The van der Waals surface area contributed by atoms with Gasteiger partial charge in [0.1, 0.15) is 5.69 Å². The first kappa shape index (κ1) is 15.0. The highest BCUT2D eigenvalue weighted by Gasteiger charge is 2.10. The van der Waals surface area contributed by atoms with E-state index in [1.165, 1.54) is 5.56 Å². The molecule has 5 heteroatoms. The van der Waals surface area contributed by atoms with Gasteiger partial charge in [0.25, 0.3) is 5.91 Å². The van der Waals surface area contributed by atoms with E-state index in [1.807, 2.05) is 55.5 Å². The highest BCUT2D eigenvalue weighted by Crippen LogP contribution is 2.08. The van der Waals surface area contributed by atoms with Crippen molar-refractivity contribution in [1.29, 1.82) is 0 Å². The van der Waals surface area contributed by atoms with E-state index in [1.54, 1.807) is 6.07 Å². The quantitative estimate of drug-likeness (QED) is 0.761. The van der Waals surface area contributed by atoms with E-state index >= 15 is 0 Å². The molecule has 0 radical (unpaired) electrons. The first-order valence-electron chi connectivity index (χ1n) is 7.49. The number of carbonyl (C=O) groups excluding carboxylic acids is 1. The SMILES string of the molecule is Cc1cccc(CNC(=O)c2cc(Cc3ccccc3)[nH]n2)n1. The molecule has 0 spiro atoms. The molecule has 116 valence electrons. The number of hydrogen-bond donors (Lipinski definition) is 2. The predicted molar refractivity (Wildman–Crippen MR) is 88.0 cm³/mol. The molecule has 0 bridgehead atoms. The molecule has 5 nitrogen and oxygen atoms in total. The standard InChI is InChI=1S/C18H18N4O/c1-13-6-5-9-15(20-13)12-19-18(23)17-11-16(21-22-17)10-14-7-3-2-4-8-14/h2-9,11H,10,12H2,1H3,(H,19,23)(H,21,22). The fourth-order valence-corrected chi connectivity index (χ4v) is 2.34. The van der Waals surface area contributed by atoms with Crippen molar-refractivity contribution in [1.82, 2.24) is 20.5 Å². The Morgan fingerprint density at radius 1 is 1.13 bits per heavy atom. The van der Waals surface area contributed by atoms with Crippen LogP contribution in [0, 0.1) is 6.92 Å². The summed E-state index contributed by atoms with van der Waals surface area (Å²) >= 11 is 0. The lowest BCUT2D eigenvalue weighted by Gasteiger charge is -2.03. The van der Waals surface area contributed by atoms with Gasteiger partial charge in [-0.25, -0.2) is 0 Å². The lowest BCUT2D eigenvalue weighted by molar-refractivity contribution is 0.0945. The molecule has 0 saturated carbocycles. The zero-order valence-corrected chi connectivity index (χ0v) is 12.9. The van der Waals surface area contributed by atoms with Crippen molar-refractivity contribution in [2.24, 2.45) is 0 Å². The van der Waals surface area contributed by atoms with E-state index in [-0.39, 0.29) is 5.91 Å². The zero-order valence-electron chi connectivity index (χ0n) is 12.9. The summed E-state index contributed by atoms with van der Waals surface area (Å²) in [6.45, 7) is 2.32. The Labute approximate surface area is 134 Å². The molecule has 2 N–H and O–H groups in total. The summed E-state index contributed by atoms with van der Waals surface area (Å²) in [6.07, 6.45) is 0.723. The van der Waals surface area contributed by atoms with Gasteiger partial charge >= 0.3 is 0 Å². The second-order valence-electron chi connectivity index (χ2n) is 5.39. The third-order valence-electron chi connectivity index (χ3n) is 3.48. The molecule has 3 aromatic rings. The maximum atomic E-state index is 12.1. The van der Waals surface area contributed by atoms with Gasteiger partial charge in [-0.15, -0.1) is 0 Å². The summed E-state index contributed by atoms with van der Waals surface area (Å²) in [5.41, 5.74) is 4.24. The Morgan fingerprint density at radius 2 is 1.96 bits per heavy atom. The van der Waals surface area contributed by atoms with E-state index < -0.39 is 0 Å². The number of aryl methyl sites for hydroxylation is 1. The molecule has 0 saturated heterocycles. The minimum Gasteiger partial charge on any atom is -0.345 e. The largest absolute Gasteiger partial charge is 0.345 e. The van der Waals surface area contributed by atoms with Crippen LogP contribution in [0.5, 0.6) is 0 Å². The van der Waals surface area contributed by atoms with Crippen molar-refractivity contribution >= 4 is 5.91 Å². The maximum absolute atomic E-state index is 12.1. The van der Waals surface area contributed by atoms with Gasteiger partial charge in [0.15, 0.2) is 0 Å². The maximum Gasteiger partial charge on any atom is 0.272 e. The number of amides is 1. The first-order valence-corrected chi connectivity index (χ1v) is 7.49. The molecule has 2 aromatic heterocycles. The van der Waals surface area contributed by atoms with Crippen molar-refractivity contribution in [3.63, 3.8) is 0 Å². The van der Waals surface area contributed by atoms with E-state index in [4.69, 9.17) is 0 Å². The fraction of sp³-hybridized carbons (Fsp3) is 0.167. The van der Waals surface area contributed by atoms with E-state index in [9.17, 15) is 4.79 Å². The van der Waals surface area contributed by atoms with Crippen molar-refractivity contribution < 1.29 is 4.79 Å². The molecule has 0 fully saturated rings. The molecule has 0 aliphatic rings. The Hall–Kier alpha value is -2.95. The summed E-state index contributed by atoms with van der Waals surface area (Å²) in [5, 5.41) is 9.84. The molecular formula is C18H18N4O. The number of aromatic amines is 1. The third-order valence-corrected chi connectivity index (χ3v) is 3.48. The number of nitrogens with one attached hydrogen (secondary N) is 2. The van der Waals surface area contributed by atoms with Gasteiger partial charge < -0.3 is 5.32 Å². The highest BCUT2D eigenvalue weighted by molar-refractivity contribution is 5.92. The summed E-state index contributed by atoms with van der Waals surface area (Å²) in [5.74, 6) is -0.205. The van der Waals surface area contributed by atoms with Crippen LogP contribution in [-0.2, 0) is 13.0 Å².